The van der Waals surface area contributed by atoms with Crippen molar-refractivity contribution < 1.29 is 4.43 Å². The number of allylic oxidation sites excluding steroid dienone is 2. The lowest BCUT2D eigenvalue weighted by Gasteiger charge is -2.29. The maximum atomic E-state index is 5.90. The minimum absolute atomic E-state index is 0.454. The van der Waals surface area contributed by atoms with Gasteiger partial charge in [-0.25, -0.2) is 0 Å². The van der Waals surface area contributed by atoms with Crippen LogP contribution in [0.5, 0.6) is 0 Å². The summed E-state index contributed by atoms with van der Waals surface area (Å²) in [6, 6.07) is 0. The number of rotatable bonds is 2. The molecule has 0 aromatic carbocycles. The Bertz CT molecular complexity index is 225. The second kappa shape index (κ2) is 5.20. The molecule has 0 heterocycles. The minimum Gasteiger partial charge on any atom is -0.546 e. The van der Waals surface area contributed by atoms with Gasteiger partial charge in [0.15, 0.2) is 0 Å². The van der Waals surface area contributed by atoms with E-state index in [0.717, 1.165) is 12.3 Å². The van der Waals surface area contributed by atoms with Crippen LogP contribution < -0.4 is 0 Å². The molecule has 1 nitrogen and oxygen atoms in total. The fourth-order valence-corrected chi connectivity index (χ4v) is 2.94. The number of hydrogen-bond acceptors (Lipinski definition) is 1. The Kier molecular flexibility index (Phi) is 4.44. The second-order valence-electron chi connectivity index (χ2n) is 5.86. The van der Waals surface area contributed by atoms with Crippen molar-refractivity contribution in [2.24, 2.45) is 11.3 Å². The zero-order chi connectivity index (χ0) is 11.5. The Balaban J connectivity index is 2.49. The molecule has 2 heteroatoms. The minimum atomic E-state index is -0.570. The molecule has 0 saturated carbocycles. The van der Waals surface area contributed by atoms with Crippen molar-refractivity contribution in [2.45, 2.75) is 59.5 Å². The fraction of sp³-hybridized carbons (Fsp3) is 0.846. The van der Waals surface area contributed by atoms with Gasteiger partial charge in [0.2, 0.25) is 0 Å². The van der Waals surface area contributed by atoms with Crippen LogP contribution in [0.15, 0.2) is 11.8 Å². The lowest BCUT2D eigenvalue weighted by Crippen LogP contribution is -2.19. The molecule has 1 unspecified atom stereocenters. The van der Waals surface area contributed by atoms with Crippen molar-refractivity contribution >= 4 is 9.04 Å². The largest absolute Gasteiger partial charge is 0.546 e. The zero-order valence-electron chi connectivity index (χ0n) is 10.9. The third-order valence-corrected chi connectivity index (χ3v) is 3.86. The van der Waals surface area contributed by atoms with E-state index < -0.39 is 9.04 Å². The molecule has 0 amide bonds. The summed E-state index contributed by atoms with van der Waals surface area (Å²) in [5.41, 5.74) is 0.454. The summed E-state index contributed by atoms with van der Waals surface area (Å²) >= 11 is 0. The van der Waals surface area contributed by atoms with Gasteiger partial charge in [-0.2, -0.15) is 0 Å². The van der Waals surface area contributed by atoms with Crippen molar-refractivity contribution in [3.63, 3.8) is 0 Å². The lowest BCUT2D eigenvalue weighted by molar-refractivity contribution is 0.213. The molecule has 1 rings (SSSR count). The predicted molar refractivity (Wildman–Crippen MR) is 68.1 cm³/mol. The normalized spacial score (nSPS) is 23.6. The first-order valence-electron chi connectivity index (χ1n) is 6.06. The van der Waals surface area contributed by atoms with Crippen LogP contribution >= 0.6 is 0 Å². The highest BCUT2D eigenvalue weighted by atomic mass is 28.3. The van der Waals surface area contributed by atoms with E-state index in [9.17, 15) is 0 Å². The highest BCUT2D eigenvalue weighted by Gasteiger charge is 2.25. The molecule has 0 spiro atoms. The SMILES string of the molecule is C[Si](C)OC1=CCCC(C(C)(C)C)CC1. The predicted octanol–water partition coefficient (Wildman–Crippen LogP) is 4.37. The molecular weight excluding hydrogens is 200 g/mol. The van der Waals surface area contributed by atoms with Crippen molar-refractivity contribution in [1.82, 2.24) is 0 Å². The van der Waals surface area contributed by atoms with E-state index in [0.29, 0.717) is 5.41 Å². The molecule has 1 aliphatic rings. The van der Waals surface area contributed by atoms with Gasteiger partial charge in [0.25, 0.3) is 9.04 Å². The Labute approximate surface area is 96.6 Å². The maximum Gasteiger partial charge on any atom is 0.273 e. The molecule has 0 aromatic rings. The van der Waals surface area contributed by atoms with Gasteiger partial charge >= 0.3 is 0 Å². The average molecular weight is 225 g/mol. The monoisotopic (exact) mass is 225 g/mol. The Morgan fingerprint density at radius 3 is 2.47 bits per heavy atom. The summed E-state index contributed by atoms with van der Waals surface area (Å²) in [4.78, 5) is 0. The van der Waals surface area contributed by atoms with Gasteiger partial charge < -0.3 is 4.43 Å². The molecule has 0 aliphatic heterocycles. The summed E-state index contributed by atoms with van der Waals surface area (Å²) in [5, 5.41) is 0. The van der Waals surface area contributed by atoms with Crippen molar-refractivity contribution in [1.29, 1.82) is 0 Å². The van der Waals surface area contributed by atoms with Crippen LogP contribution in [0.2, 0.25) is 13.1 Å². The number of hydrogen-bond donors (Lipinski definition) is 0. The van der Waals surface area contributed by atoms with Gasteiger partial charge in [0, 0.05) is 6.42 Å². The smallest absolute Gasteiger partial charge is 0.273 e. The first kappa shape index (κ1) is 12.8. The van der Waals surface area contributed by atoms with Crippen LogP contribution in [0.3, 0.4) is 0 Å². The third kappa shape index (κ3) is 4.41. The van der Waals surface area contributed by atoms with E-state index in [1.165, 1.54) is 25.0 Å². The first-order valence-corrected chi connectivity index (χ1v) is 8.47. The maximum absolute atomic E-state index is 5.90. The van der Waals surface area contributed by atoms with Crippen LogP contribution in [0.1, 0.15) is 46.5 Å². The first-order chi connectivity index (χ1) is 6.89. The molecule has 1 aliphatic carbocycles. The molecule has 0 bridgehead atoms. The zero-order valence-corrected chi connectivity index (χ0v) is 11.9. The third-order valence-electron chi connectivity index (χ3n) is 3.19. The molecular formula is C13H25OSi. The van der Waals surface area contributed by atoms with Gasteiger partial charge in [-0.05, 0) is 49.8 Å². The highest BCUT2D eigenvalue weighted by Crippen LogP contribution is 2.36. The standard InChI is InChI=1S/C13H25OSi/c1-13(2,3)11-7-6-8-12(10-9-11)14-15(4)5/h8,11H,6-7,9-10H2,1-5H3. The van der Waals surface area contributed by atoms with E-state index in [2.05, 4.69) is 39.9 Å². The highest BCUT2D eigenvalue weighted by molar-refractivity contribution is 6.48. The molecule has 0 saturated heterocycles. The summed E-state index contributed by atoms with van der Waals surface area (Å²) in [6.45, 7) is 11.5. The van der Waals surface area contributed by atoms with Crippen molar-refractivity contribution in [3.05, 3.63) is 11.8 Å². The summed E-state index contributed by atoms with van der Waals surface area (Å²) in [6.07, 6.45) is 7.30. The molecule has 15 heavy (non-hydrogen) atoms. The van der Waals surface area contributed by atoms with Crippen LogP contribution in [0.4, 0.5) is 0 Å². The van der Waals surface area contributed by atoms with E-state index in [-0.39, 0.29) is 0 Å². The molecule has 1 radical (unpaired) electrons. The van der Waals surface area contributed by atoms with Crippen molar-refractivity contribution in [2.75, 3.05) is 0 Å². The van der Waals surface area contributed by atoms with Crippen LogP contribution in [-0.4, -0.2) is 9.04 Å². The van der Waals surface area contributed by atoms with Crippen molar-refractivity contribution in [3.8, 4) is 0 Å². The molecule has 1 atom stereocenters. The summed E-state index contributed by atoms with van der Waals surface area (Å²) < 4.78 is 5.90. The Morgan fingerprint density at radius 1 is 1.27 bits per heavy atom. The van der Waals surface area contributed by atoms with Crippen LogP contribution in [-0.2, 0) is 4.43 Å². The van der Waals surface area contributed by atoms with Crippen LogP contribution in [0.25, 0.3) is 0 Å². The summed E-state index contributed by atoms with van der Waals surface area (Å²) in [7, 11) is -0.570. The summed E-state index contributed by atoms with van der Waals surface area (Å²) in [5.74, 6) is 2.11. The van der Waals surface area contributed by atoms with Gasteiger partial charge in [-0.15, -0.1) is 0 Å². The average Bonchev–Trinajstić information content (AvgIpc) is 2.27. The van der Waals surface area contributed by atoms with E-state index in [1.807, 2.05) is 0 Å². The Hall–Kier alpha value is -0.243. The molecule has 0 fully saturated rings. The lowest BCUT2D eigenvalue weighted by atomic mass is 9.76. The molecule has 0 aromatic heterocycles. The molecule has 87 valence electrons. The van der Waals surface area contributed by atoms with E-state index in [4.69, 9.17) is 4.43 Å². The topological polar surface area (TPSA) is 9.23 Å². The van der Waals surface area contributed by atoms with Gasteiger partial charge in [-0.1, -0.05) is 20.8 Å². The van der Waals surface area contributed by atoms with Gasteiger partial charge in [-0.3, -0.25) is 0 Å². The van der Waals surface area contributed by atoms with Gasteiger partial charge in [0.05, 0.1) is 5.76 Å². The van der Waals surface area contributed by atoms with Crippen LogP contribution in [0, 0.1) is 11.3 Å². The van der Waals surface area contributed by atoms with E-state index >= 15 is 0 Å². The Morgan fingerprint density at radius 2 is 1.93 bits per heavy atom. The molecule has 0 N–H and O–H groups in total. The second-order valence-corrected chi connectivity index (χ2v) is 7.88. The fourth-order valence-electron chi connectivity index (χ4n) is 2.23. The van der Waals surface area contributed by atoms with E-state index in [1.54, 1.807) is 0 Å². The quantitative estimate of drug-likeness (QED) is 0.634. The van der Waals surface area contributed by atoms with Gasteiger partial charge in [0.1, 0.15) is 0 Å².